The number of nitrogens with one attached hydrogen (secondary N) is 1. The fourth-order valence-corrected chi connectivity index (χ4v) is 5.39. The van der Waals surface area contributed by atoms with Crippen molar-refractivity contribution < 1.29 is 16.7 Å². The second-order valence-electron chi connectivity index (χ2n) is 6.61. The first-order valence-electron chi connectivity index (χ1n) is 9.27. The molecule has 0 aliphatic rings. The third kappa shape index (κ3) is 4.13. The maximum absolute atomic E-state index is 11.5. The Morgan fingerprint density at radius 3 is 2.40 bits per heavy atom. The first-order chi connectivity index (χ1) is 14.4. The molecule has 0 aliphatic heterocycles. The van der Waals surface area contributed by atoms with Crippen molar-refractivity contribution in [2.24, 2.45) is 0 Å². The van der Waals surface area contributed by atoms with E-state index in [4.69, 9.17) is 4.74 Å². The molecule has 2 aromatic heterocycles. The quantitative estimate of drug-likeness (QED) is 0.360. The van der Waals surface area contributed by atoms with Crippen molar-refractivity contribution in [3.63, 3.8) is 0 Å². The van der Waals surface area contributed by atoms with Gasteiger partial charge in [0.15, 0.2) is 0 Å². The molecule has 0 bridgehead atoms. The molecule has 0 amide bonds. The van der Waals surface area contributed by atoms with Crippen molar-refractivity contribution in [1.29, 1.82) is 0 Å². The zero-order valence-corrected chi connectivity index (χ0v) is 19.1. The minimum absolute atomic E-state index is 0.0352. The van der Waals surface area contributed by atoms with Crippen LogP contribution in [0.3, 0.4) is 0 Å². The molecular weight excluding hydrogens is 465 g/mol. The SMILES string of the molecule is CCOc1ccc(-c2c(C)sc3ncnc(Nc4ccc([As](=O)(O)O)cc4)c23)cc1. The van der Waals surface area contributed by atoms with Gasteiger partial charge >= 0.3 is 162 Å². The van der Waals surface area contributed by atoms with Gasteiger partial charge in [0.25, 0.3) is 0 Å². The molecule has 4 aromatic rings. The summed E-state index contributed by atoms with van der Waals surface area (Å²) in [4.78, 5) is 10.8. The Morgan fingerprint density at radius 1 is 1.07 bits per heavy atom. The molecule has 0 aliphatic carbocycles. The number of ether oxygens (including phenoxy) is 1. The van der Waals surface area contributed by atoms with E-state index in [0.717, 1.165) is 32.0 Å². The number of anilines is 2. The molecule has 0 saturated heterocycles. The van der Waals surface area contributed by atoms with Gasteiger partial charge in [-0.05, 0) is 6.92 Å². The number of hydrogen-bond acceptors (Lipinski definition) is 6. The van der Waals surface area contributed by atoms with Crippen LogP contribution in [0.5, 0.6) is 5.75 Å². The molecule has 2 aromatic carbocycles. The topological polar surface area (TPSA) is 105 Å². The number of rotatable bonds is 6. The minimum atomic E-state index is -4.91. The van der Waals surface area contributed by atoms with Crippen molar-refractivity contribution in [3.8, 4) is 16.9 Å². The van der Waals surface area contributed by atoms with Crippen LogP contribution >= 0.6 is 11.3 Å². The second kappa shape index (κ2) is 8.24. The standard InChI is InChI=1S/C21H20AsN3O4S/c1-3-29-17-10-4-14(5-11-17)18-13(2)30-21-19(18)20(23-12-24-21)25-16-8-6-15(7-9-16)22(26,27)28/h4-12H,3H2,1-2H3,(H,23,24,25)(H2,26,27,28). The first kappa shape index (κ1) is 20.6. The van der Waals surface area contributed by atoms with Crippen LogP contribution in [0.15, 0.2) is 54.9 Å². The molecule has 0 atom stereocenters. The van der Waals surface area contributed by atoms with Gasteiger partial charge in [0.2, 0.25) is 0 Å². The molecule has 3 N–H and O–H groups in total. The summed E-state index contributed by atoms with van der Waals surface area (Å²) in [5.41, 5.74) is 2.78. The number of hydrogen-bond donors (Lipinski definition) is 3. The van der Waals surface area contributed by atoms with Crippen LogP contribution in [0, 0.1) is 6.92 Å². The summed E-state index contributed by atoms with van der Waals surface area (Å²) in [7, 11) is 0. The Bertz CT molecular complexity index is 1230. The van der Waals surface area contributed by atoms with Gasteiger partial charge < -0.3 is 4.74 Å². The summed E-state index contributed by atoms with van der Waals surface area (Å²) >= 11 is -3.31. The number of nitrogens with zero attached hydrogens (tertiary/aromatic N) is 2. The summed E-state index contributed by atoms with van der Waals surface area (Å²) in [6.07, 6.45) is 1.51. The van der Waals surface area contributed by atoms with Gasteiger partial charge in [-0.2, -0.15) is 0 Å². The van der Waals surface area contributed by atoms with E-state index < -0.39 is 14.2 Å². The van der Waals surface area contributed by atoms with Crippen LogP contribution in [0.2, 0.25) is 0 Å². The molecule has 0 radical (unpaired) electrons. The van der Waals surface area contributed by atoms with E-state index in [1.807, 2.05) is 31.2 Å². The summed E-state index contributed by atoms with van der Waals surface area (Å²) in [5, 5.41) is 4.17. The summed E-state index contributed by atoms with van der Waals surface area (Å²) in [6, 6.07) is 14.1. The van der Waals surface area contributed by atoms with E-state index >= 15 is 0 Å². The zero-order valence-electron chi connectivity index (χ0n) is 16.4. The molecule has 0 saturated carbocycles. The van der Waals surface area contributed by atoms with Crippen molar-refractivity contribution in [3.05, 3.63) is 59.7 Å². The maximum atomic E-state index is 11.5. The van der Waals surface area contributed by atoms with Crippen LogP contribution < -0.4 is 14.4 Å². The first-order valence-corrected chi connectivity index (χ1v) is 13.5. The van der Waals surface area contributed by atoms with Gasteiger partial charge in [0, 0.05) is 0 Å². The predicted molar refractivity (Wildman–Crippen MR) is 119 cm³/mol. The summed E-state index contributed by atoms with van der Waals surface area (Å²) < 4.78 is 35.7. The van der Waals surface area contributed by atoms with E-state index in [1.165, 1.54) is 18.5 Å². The molecular formula is C21H20AsN3O4S. The van der Waals surface area contributed by atoms with Crippen molar-refractivity contribution >= 4 is 51.6 Å². The van der Waals surface area contributed by atoms with Gasteiger partial charge in [-0.25, -0.2) is 0 Å². The number of fused-ring (bicyclic) bond motifs is 1. The number of benzene rings is 2. The fourth-order valence-electron chi connectivity index (χ4n) is 3.25. The average molecular weight is 485 g/mol. The molecule has 7 nitrogen and oxygen atoms in total. The van der Waals surface area contributed by atoms with Gasteiger partial charge in [-0.1, -0.05) is 0 Å². The molecule has 154 valence electrons. The van der Waals surface area contributed by atoms with Gasteiger partial charge in [-0.15, -0.1) is 0 Å². The Balaban J connectivity index is 1.75. The monoisotopic (exact) mass is 485 g/mol. The van der Waals surface area contributed by atoms with Crippen LogP contribution in [0.25, 0.3) is 21.3 Å². The van der Waals surface area contributed by atoms with Gasteiger partial charge in [-0.3, -0.25) is 0 Å². The normalized spacial score (nSPS) is 11.6. The number of thiophene rings is 1. The van der Waals surface area contributed by atoms with Crippen LogP contribution in [-0.4, -0.2) is 38.9 Å². The number of aromatic nitrogens is 2. The molecule has 30 heavy (non-hydrogen) atoms. The Labute approximate surface area is 180 Å². The van der Waals surface area contributed by atoms with Crippen molar-refractivity contribution in [1.82, 2.24) is 9.97 Å². The Morgan fingerprint density at radius 2 is 1.77 bits per heavy atom. The van der Waals surface area contributed by atoms with E-state index in [1.54, 1.807) is 23.5 Å². The zero-order chi connectivity index (χ0) is 21.3. The van der Waals surface area contributed by atoms with Crippen LogP contribution in [0.4, 0.5) is 11.5 Å². The molecule has 0 fully saturated rings. The second-order valence-corrected chi connectivity index (χ2v) is 11.2. The third-order valence-corrected chi connectivity index (χ3v) is 7.63. The summed E-state index contributed by atoms with van der Waals surface area (Å²) in [5.74, 6) is 1.46. The van der Waals surface area contributed by atoms with E-state index in [2.05, 4.69) is 22.2 Å². The molecule has 9 heteroatoms. The average Bonchev–Trinajstić information content (AvgIpc) is 3.05. The van der Waals surface area contributed by atoms with Gasteiger partial charge in [0.05, 0.1) is 6.61 Å². The Hall–Kier alpha value is -2.64. The fraction of sp³-hybridized carbons (Fsp3) is 0.143. The van der Waals surface area contributed by atoms with Gasteiger partial charge in [0.1, 0.15) is 0 Å². The molecule has 2 heterocycles. The van der Waals surface area contributed by atoms with Crippen LogP contribution in [0.1, 0.15) is 11.8 Å². The predicted octanol–water partition coefficient (Wildman–Crippen LogP) is 3.37. The third-order valence-electron chi connectivity index (χ3n) is 4.58. The molecule has 0 unspecified atom stereocenters. The number of aryl methyl sites for hydroxylation is 1. The van der Waals surface area contributed by atoms with E-state index in [9.17, 15) is 11.9 Å². The molecule has 4 rings (SSSR count). The van der Waals surface area contributed by atoms with E-state index in [0.29, 0.717) is 18.1 Å². The summed E-state index contributed by atoms with van der Waals surface area (Å²) in [6.45, 7) is 4.62. The van der Waals surface area contributed by atoms with E-state index in [-0.39, 0.29) is 4.35 Å². The Kier molecular flexibility index (Phi) is 5.66. The van der Waals surface area contributed by atoms with Crippen molar-refractivity contribution in [2.75, 3.05) is 11.9 Å². The van der Waals surface area contributed by atoms with Crippen LogP contribution in [-0.2, 0) is 3.74 Å². The molecule has 0 spiro atoms. The van der Waals surface area contributed by atoms with Crippen molar-refractivity contribution in [2.45, 2.75) is 13.8 Å².